The van der Waals surface area contributed by atoms with Crippen LogP contribution in [0.25, 0.3) is 11.4 Å². The molecule has 162 valence electrons. The van der Waals surface area contributed by atoms with Gasteiger partial charge < -0.3 is 9.42 Å². The summed E-state index contributed by atoms with van der Waals surface area (Å²) in [7, 11) is -1.82. The minimum atomic E-state index is -3.45. The largest absolute Gasteiger partial charge is 0.337 e. The lowest BCUT2D eigenvalue weighted by molar-refractivity contribution is 0.0769. The first-order chi connectivity index (χ1) is 14.7. The van der Waals surface area contributed by atoms with Crippen LogP contribution < -0.4 is 4.31 Å². The number of amides is 1. The number of hydrogen-bond donors (Lipinski definition) is 0. The summed E-state index contributed by atoms with van der Waals surface area (Å²) in [4.78, 5) is 18.6. The van der Waals surface area contributed by atoms with Gasteiger partial charge in [0.1, 0.15) is 0 Å². The monoisotopic (exact) mass is 440 g/mol. The second-order valence-electron chi connectivity index (χ2n) is 7.17. The molecule has 2 aromatic carbocycles. The maximum Gasteiger partial charge on any atom is 0.254 e. The third kappa shape index (κ3) is 5.37. The molecule has 1 amide bonds. The molecule has 1 aromatic heterocycles. The fraction of sp³-hybridized carbons (Fsp3) is 0.227. The summed E-state index contributed by atoms with van der Waals surface area (Å²) in [5, 5.41) is 3.99. The molecule has 0 aliphatic rings. The highest BCUT2D eigenvalue weighted by atomic mass is 32.2. The summed E-state index contributed by atoms with van der Waals surface area (Å²) in [6, 6.07) is 14.1. The zero-order valence-electron chi connectivity index (χ0n) is 17.6. The molecule has 3 aromatic rings. The Morgan fingerprint density at radius 3 is 2.52 bits per heavy atom. The molecule has 3 rings (SSSR count). The third-order valence-corrected chi connectivity index (χ3v) is 5.72. The smallest absolute Gasteiger partial charge is 0.254 e. The number of carbonyl (C=O) groups is 1. The molecule has 1 heterocycles. The van der Waals surface area contributed by atoms with Crippen molar-refractivity contribution >= 4 is 21.6 Å². The van der Waals surface area contributed by atoms with Gasteiger partial charge in [-0.15, -0.1) is 6.58 Å². The standard InChI is InChI=1S/C22H24N4O4S/c1-5-13-26(31(4,28)29)19-11-9-17(10-12-19)22(27)25(3)15-20-23-21(24-30-20)18-8-6-7-16(2)14-18/h5-12,14H,1,13,15H2,2-4H3. The van der Waals surface area contributed by atoms with Crippen molar-refractivity contribution in [1.82, 2.24) is 15.0 Å². The SMILES string of the molecule is C=CCN(c1ccc(C(=O)N(C)Cc2nc(-c3cccc(C)c3)no2)cc1)S(C)(=O)=O. The van der Waals surface area contributed by atoms with Crippen molar-refractivity contribution in [3.05, 3.63) is 78.2 Å². The fourth-order valence-electron chi connectivity index (χ4n) is 3.04. The third-order valence-electron chi connectivity index (χ3n) is 4.56. The van der Waals surface area contributed by atoms with Crippen LogP contribution in [0.3, 0.4) is 0 Å². The number of rotatable bonds is 8. The Hall–Kier alpha value is -3.46. The van der Waals surface area contributed by atoms with Crippen molar-refractivity contribution in [3.8, 4) is 11.4 Å². The summed E-state index contributed by atoms with van der Waals surface area (Å²) >= 11 is 0. The summed E-state index contributed by atoms with van der Waals surface area (Å²) in [5.41, 5.74) is 2.80. The zero-order valence-corrected chi connectivity index (χ0v) is 18.5. The van der Waals surface area contributed by atoms with E-state index in [0.29, 0.717) is 23.0 Å². The molecule has 0 saturated carbocycles. The maximum atomic E-state index is 12.8. The normalized spacial score (nSPS) is 11.2. The van der Waals surface area contributed by atoms with Gasteiger partial charge >= 0.3 is 0 Å². The van der Waals surface area contributed by atoms with Crippen molar-refractivity contribution in [2.24, 2.45) is 0 Å². The Balaban J connectivity index is 1.71. The van der Waals surface area contributed by atoms with Gasteiger partial charge in [-0.05, 0) is 37.3 Å². The van der Waals surface area contributed by atoms with Crippen LogP contribution in [0, 0.1) is 6.92 Å². The quantitative estimate of drug-likeness (QED) is 0.499. The van der Waals surface area contributed by atoms with Crippen LogP contribution in [-0.4, -0.2) is 49.2 Å². The highest BCUT2D eigenvalue weighted by Gasteiger charge is 2.19. The molecule has 0 unspecified atom stereocenters. The van der Waals surface area contributed by atoms with Crippen molar-refractivity contribution in [3.63, 3.8) is 0 Å². The topological polar surface area (TPSA) is 96.6 Å². The van der Waals surface area contributed by atoms with Crippen LogP contribution in [0.1, 0.15) is 21.8 Å². The number of hydrogen-bond acceptors (Lipinski definition) is 6. The van der Waals surface area contributed by atoms with E-state index in [1.807, 2.05) is 31.2 Å². The van der Waals surface area contributed by atoms with Gasteiger partial charge in [0, 0.05) is 18.2 Å². The first-order valence-corrected chi connectivity index (χ1v) is 11.4. The minimum Gasteiger partial charge on any atom is -0.337 e. The second kappa shape index (κ2) is 9.13. The fourth-order valence-corrected chi connectivity index (χ4v) is 3.92. The Morgan fingerprint density at radius 2 is 1.90 bits per heavy atom. The van der Waals surface area contributed by atoms with Gasteiger partial charge in [0.15, 0.2) is 0 Å². The lowest BCUT2D eigenvalue weighted by Gasteiger charge is -2.21. The highest BCUT2D eigenvalue weighted by Crippen LogP contribution is 2.20. The van der Waals surface area contributed by atoms with E-state index >= 15 is 0 Å². The van der Waals surface area contributed by atoms with Crippen molar-refractivity contribution in [2.45, 2.75) is 13.5 Å². The van der Waals surface area contributed by atoms with Gasteiger partial charge in [-0.3, -0.25) is 9.10 Å². The molecule has 0 fully saturated rings. The Bertz CT molecular complexity index is 1190. The average molecular weight is 441 g/mol. The Kier molecular flexibility index (Phi) is 6.55. The van der Waals surface area contributed by atoms with Gasteiger partial charge in [0.05, 0.1) is 25.0 Å². The Morgan fingerprint density at radius 1 is 1.19 bits per heavy atom. The van der Waals surface area contributed by atoms with Gasteiger partial charge in [0.2, 0.25) is 21.7 Å². The lowest BCUT2D eigenvalue weighted by atomic mass is 10.1. The van der Waals surface area contributed by atoms with Gasteiger partial charge in [-0.2, -0.15) is 4.98 Å². The lowest BCUT2D eigenvalue weighted by Crippen LogP contribution is -2.30. The van der Waals surface area contributed by atoms with Crippen molar-refractivity contribution in [2.75, 3.05) is 24.2 Å². The molecule has 0 atom stereocenters. The molecule has 0 aliphatic carbocycles. The number of aromatic nitrogens is 2. The molecule has 9 heteroatoms. The van der Waals surface area contributed by atoms with Crippen LogP contribution in [0.5, 0.6) is 0 Å². The molecular weight excluding hydrogens is 416 g/mol. The van der Waals surface area contributed by atoms with E-state index in [2.05, 4.69) is 16.7 Å². The zero-order chi connectivity index (χ0) is 22.6. The van der Waals surface area contributed by atoms with Gasteiger partial charge in [-0.25, -0.2) is 8.42 Å². The number of anilines is 1. The summed E-state index contributed by atoms with van der Waals surface area (Å²) < 4.78 is 30.4. The van der Waals surface area contributed by atoms with E-state index in [1.54, 1.807) is 31.3 Å². The van der Waals surface area contributed by atoms with E-state index in [1.165, 1.54) is 15.3 Å². The molecule has 0 aliphatic heterocycles. The van der Waals surface area contributed by atoms with Crippen LogP contribution in [0.2, 0.25) is 0 Å². The predicted molar refractivity (Wildman–Crippen MR) is 119 cm³/mol. The van der Waals surface area contributed by atoms with E-state index in [-0.39, 0.29) is 19.0 Å². The number of benzene rings is 2. The number of carbonyl (C=O) groups excluding carboxylic acids is 1. The summed E-state index contributed by atoms with van der Waals surface area (Å²) in [5.74, 6) is 0.529. The van der Waals surface area contributed by atoms with E-state index in [0.717, 1.165) is 17.4 Å². The molecular formula is C22H24N4O4S. The highest BCUT2D eigenvalue weighted by molar-refractivity contribution is 7.92. The van der Waals surface area contributed by atoms with Crippen LogP contribution >= 0.6 is 0 Å². The maximum absolute atomic E-state index is 12.8. The molecule has 0 saturated heterocycles. The van der Waals surface area contributed by atoms with Gasteiger partial charge in [-0.1, -0.05) is 35.0 Å². The number of sulfonamides is 1. The molecule has 8 nitrogen and oxygen atoms in total. The second-order valence-corrected chi connectivity index (χ2v) is 9.08. The molecule has 0 spiro atoms. The average Bonchev–Trinajstić information content (AvgIpc) is 3.19. The first-order valence-electron chi connectivity index (χ1n) is 9.53. The molecule has 0 N–H and O–H groups in total. The van der Waals surface area contributed by atoms with Crippen molar-refractivity contribution in [1.29, 1.82) is 0 Å². The molecule has 0 radical (unpaired) electrons. The number of nitrogens with zero attached hydrogens (tertiary/aromatic N) is 4. The van der Waals surface area contributed by atoms with E-state index in [9.17, 15) is 13.2 Å². The first kappa shape index (κ1) is 22.2. The molecule has 0 bridgehead atoms. The summed E-state index contributed by atoms with van der Waals surface area (Å²) in [6.07, 6.45) is 2.63. The van der Waals surface area contributed by atoms with Gasteiger partial charge in [0.25, 0.3) is 5.91 Å². The van der Waals surface area contributed by atoms with Crippen LogP contribution in [0.4, 0.5) is 5.69 Å². The summed E-state index contributed by atoms with van der Waals surface area (Å²) in [6.45, 7) is 5.86. The van der Waals surface area contributed by atoms with Crippen molar-refractivity contribution < 1.29 is 17.7 Å². The van der Waals surface area contributed by atoms with E-state index < -0.39 is 10.0 Å². The Labute approximate surface area is 181 Å². The van der Waals surface area contributed by atoms with Crippen LogP contribution in [0.15, 0.2) is 65.7 Å². The molecule has 31 heavy (non-hydrogen) atoms. The minimum absolute atomic E-state index is 0.144. The predicted octanol–water partition coefficient (Wildman–Crippen LogP) is 3.27. The number of aryl methyl sites for hydroxylation is 1. The van der Waals surface area contributed by atoms with Crippen LogP contribution in [-0.2, 0) is 16.6 Å². The van der Waals surface area contributed by atoms with E-state index in [4.69, 9.17) is 4.52 Å².